The second-order valence-corrected chi connectivity index (χ2v) is 6.65. The van der Waals surface area contributed by atoms with Crippen molar-refractivity contribution in [2.75, 3.05) is 5.32 Å². The number of nitrogens with one attached hydrogen (secondary N) is 1. The van der Waals surface area contributed by atoms with Gasteiger partial charge in [0.15, 0.2) is 0 Å². The third-order valence-electron chi connectivity index (χ3n) is 2.95. The fourth-order valence-electron chi connectivity index (χ4n) is 1.95. The number of thiophene rings is 1. The van der Waals surface area contributed by atoms with E-state index in [-0.39, 0.29) is 0 Å². The Bertz CT molecular complexity index is 752. The molecule has 0 saturated heterocycles. The van der Waals surface area contributed by atoms with Crippen molar-refractivity contribution in [2.45, 2.75) is 19.8 Å². The van der Waals surface area contributed by atoms with Gasteiger partial charge in [0.25, 0.3) is 0 Å². The lowest BCUT2D eigenvalue weighted by Crippen LogP contribution is -2.02. The van der Waals surface area contributed by atoms with E-state index in [9.17, 15) is 0 Å². The average molecular weight is 348 g/mol. The summed E-state index contributed by atoms with van der Waals surface area (Å²) in [5.41, 5.74) is 1.04. The Morgan fingerprint density at radius 3 is 2.80 bits per heavy atom. The highest BCUT2D eigenvalue weighted by Crippen LogP contribution is 2.26. The molecule has 20 heavy (non-hydrogen) atoms. The number of fused-ring (bicyclic) bond motifs is 1. The number of benzene rings is 1. The summed E-state index contributed by atoms with van der Waals surface area (Å²) in [5.74, 6) is 1.94. The molecule has 3 aromatic rings. The number of rotatable bonds is 3. The minimum absolute atomic E-state index is 0.299. The molecule has 2 heterocycles. The summed E-state index contributed by atoms with van der Waals surface area (Å²) < 4.78 is 2.09. The molecule has 5 heteroatoms. The van der Waals surface area contributed by atoms with Crippen LogP contribution in [0.4, 0.5) is 11.5 Å². The maximum Gasteiger partial charge on any atom is 0.135 e. The van der Waals surface area contributed by atoms with E-state index in [2.05, 4.69) is 74.7 Å². The molecule has 1 N–H and O–H groups in total. The molecular formula is C15H14BrN3S. The third-order valence-corrected chi connectivity index (χ3v) is 4.26. The highest BCUT2D eigenvalue weighted by Gasteiger charge is 2.07. The molecule has 0 amide bonds. The maximum absolute atomic E-state index is 4.55. The molecule has 3 nitrogen and oxygen atoms in total. The van der Waals surface area contributed by atoms with Crippen LogP contribution in [0, 0.1) is 0 Å². The molecule has 0 spiro atoms. The van der Waals surface area contributed by atoms with Gasteiger partial charge in [-0.25, -0.2) is 9.97 Å². The molecule has 0 radical (unpaired) electrons. The van der Waals surface area contributed by atoms with Gasteiger partial charge in [-0.3, -0.25) is 0 Å². The molecule has 0 saturated carbocycles. The van der Waals surface area contributed by atoms with Gasteiger partial charge in [0.2, 0.25) is 0 Å². The van der Waals surface area contributed by atoms with Crippen molar-refractivity contribution < 1.29 is 0 Å². The zero-order valence-electron chi connectivity index (χ0n) is 11.2. The molecule has 0 unspecified atom stereocenters. The van der Waals surface area contributed by atoms with Crippen LogP contribution in [0.25, 0.3) is 10.1 Å². The molecule has 0 atom stereocenters. The van der Waals surface area contributed by atoms with Crippen molar-refractivity contribution in [1.29, 1.82) is 0 Å². The van der Waals surface area contributed by atoms with Crippen LogP contribution in [0.1, 0.15) is 25.6 Å². The predicted octanol–water partition coefficient (Wildman–Crippen LogP) is 5.32. The first kappa shape index (κ1) is 13.5. The fraction of sp³-hybridized carbons (Fsp3) is 0.200. The average Bonchev–Trinajstić information content (AvgIpc) is 2.85. The van der Waals surface area contributed by atoms with E-state index in [1.165, 1.54) is 10.1 Å². The van der Waals surface area contributed by atoms with Gasteiger partial charge < -0.3 is 5.32 Å². The summed E-state index contributed by atoms with van der Waals surface area (Å²) in [6.07, 6.45) is 0. The van der Waals surface area contributed by atoms with Crippen LogP contribution in [-0.4, -0.2) is 9.97 Å². The molecule has 102 valence electrons. The molecule has 0 fully saturated rings. The minimum atomic E-state index is 0.299. The lowest BCUT2D eigenvalue weighted by molar-refractivity contribution is 0.771. The van der Waals surface area contributed by atoms with Crippen LogP contribution in [0.3, 0.4) is 0 Å². The molecule has 0 bridgehead atoms. The minimum Gasteiger partial charge on any atom is -0.340 e. The zero-order chi connectivity index (χ0) is 14.1. The van der Waals surface area contributed by atoms with Crippen molar-refractivity contribution >= 4 is 48.9 Å². The van der Waals surface area contributed by atoms with E-state index in [4.69, 9.17) is 0 Å². The normalized spacial score (nSPS) is 11.2. The van der Waals surface area contributed by atoms with Crippen molar-refractivity contribution in [1.82, 2.24) is 9.97 Å². The molecule has 0 aliphatic carbocycles. The van der Waals surface area contributed by atoms with E-state index in [0.29, 0.717) is 5.92 Å². The van der Waals surface area contributed by atoms with Crippen LogP contribution < -0.4 is 5.32 Å². The SMILES string of the molecule is CC(C)c1nc(Br)cc(Nc2ccc3sccc3c2)n1. The molecule has 1 aromatic carbocycles. The highest BCUT2D eigenvalue weighted by molar-refractivity contribution is 9.10. The van der Waals surface area contributed by atoms with Crippen LogP contribution >= 0.6 is 27.3 Å². The van der Waals surface area contributed by atoms with Crippen LogP contribution in [-0.2, 0) is 0 Å². The fourth-order valence-corrected chi connectivity index (χ4v) is 3.12. The first-order chi connectivity index (χ1) is 9.61. The largest absolute Gasteiger partial charge is 0.340 e. The summed E-state index contributed by atoms with van der Waals surface area (Å²) in [4.78, 5) is 8.93. The highest BCUT2D eigenvalue weighted by atomic mass is 79.9. The lowest BCUT2D eigenvalue weighted by Gasteiger charge is -2.10. The van der Waals surface area contributed by atoms with Crippen molar-refractivity contribution in [2.24, 2.45) is 0 Å². The van der Waals surface area contributed by atoms with E-state index in [1.54, 1.807) is 11.3 Å². The summed E-state index contributed by atoms with van der Waals surface area (Å²) in [7, 11) is 0. The summed E-state index contributed by atoms with van der Waals surface area (Å²) in [6.45, 7) is 4.17. The van der Waals surface area contributed by atoms with Gasteiger partial charge in [0.05, 0.1) is 0 Å². The second-order valence-electron chi connectivity index (χ2n) is 4.89. The standard InChI is InChI=1S/C15H14BrN3S/c1-9(2)15-18-13(16)8-14(19-15)17-11-3-4-12-10(7-11)5-6-20-12/h3-9H,1-2H3,(H,17,18,19). The number of hydrogen-bond donors (Lipinski definition) is 1. The summed E-state index contributed by atoms with van der Waals surface area (Å²) in [6, 6.07) is 10.4. The van der Waals surface area contributed by atoms with Gasteiger partial charge in [-0.15, -0.1) is 11.3 Å². The number of aromatic nitrogens is 2. The summed E-state index contributed by atoms with van der Waals surface area (Å²) >= 11 is 5.19. The Morgan fingerprint density at radius 1 is 1.15 bits per heavy atom. The van der Waals surface area contributed by atoms with Gasteiger partial charge in [0, 0.05) is 22.4 Å². The number of anilines is 2. The first-order valence-electron chi connectivity index (χ1n) is 6.40. The predicted molar refractivity (Wildman–Crippen MR) is 88.9 cm³/mol. The van der Waals surface area contributed by atoms with Crippen LogP contribution in [0.15, 0.2) is 40.3 Å². The quantitative estimate of drug-likeness (QED) is 0.651. The van der Waals surface area contributed by atoms with Gasteiger partial charge in [-0.2, -0.15) is 0 Å². The number of hydrogen-bond acceptors (Lipinski definition) is 4. The number of nitrogens with zero attached hydrogens (tertiary/aromatic N) is 2. The maximum atomic E-state index is 4.55. The van der Waals surface area contributed by atoms with Crippen molar-refractivity contribution in [3.8, 4) is 0 Å². The van der Waals surface area contributed by atoms with Crippen molar-refractivity contribution in [3.63, 3.8) is 0 Å². The Balaban J connectivity index is 1.93. The van der Waals surface area contributed by atoms with Gasteiger partial charge in [-0.05, 0) is 51.0 Å². The van der Waals surface area contributed by atoms with E-state index < -0.39 is 0 Å². The topological polar surface area (TPSA) is 37.8 Å². The molecular weight excluding hydrogens is 334 g/mol. The first-order valence-corrected chi connectivity index (χ1v) is 8.08. The van der Waals surface area contributed by atoms with Gasteiger partial charge in [0.1, 0.15) is 16.2 Å². The molecule has 3 rings (SSSR count). The smallest absolute Gasteiger partial charge is 0.135 e. The Labute approximate surface area is 130 Å². The molecule has 0 aliphatic rings. The lowest BCUT2D eigenvalue weighted by atomic mass is 10.2. The van der Waals surface area contributed by atoms with Crippen LogP contribution in [0.5, 0.6) is 0 Å². The zero-order valence-corrected chi connectivity index (χ0v) is 13.6. The van der Waals surface area contributed by atoms with E-state index in [1.807, 2.05) is 6.07 Å². The number of halogens is 1. The Morgan fingerprint density at radius 2 is 2.00 bits per heavy atom. The van der Waals surface area contributed by atoms with Gasteiger partial charge in [-0.1, -0.05) is 13.8 Å². The van der Waals surface area contributed by atoms with E-state index >= 15 is 0 Å². The second kappa shape index (κ2) is 5.50. The Kier molecular flexibility index (Phi) is 3.72. The molecule has 2 aromatic heterocycles. The summed E-state index contributed by atoms with van der Waals surface area (Å²) in [5, 5.41) is 6.70. The molecule has 0 aliphatic heterocycles. The van der Waals surface area contributed by atoms with Crippen LogP contribution in [0.2, 0.25) is 0 Å². The van der Waals surface area contributed by atoms with E-state index in [0.717, 1.165) is 21.9 Å². The Hall–Kier alpha value is -1.46. The monoisotopic (exact) mass is 347 g/mol. The van der Waals surface area contributed by atoms with Crippen molar-refractivity contribution in [3.05, 3.63) is 46.1 Å². The third kappa shape index (κ3) is 2.83. The van der Waals surface area contributed by atoms with Gasteiger partial charge >= 0.3 is 0 Å².